The van der Waals surface area contributed by atoms with E-state index >= 15 is 0 Å². The zero-order chi connectivity index (χ0) is 15.5. The van der Waals surface area contributed by atoms with Gasteiger partial charge in [-0.15, -0.1) is 0 Å². The van der Waals surface area contributed by atoms with Crippen molar-refractivity contribution in [2.24, 2.45) is 0 Å². The molecule has 0 heterocycles. The van der Waals surface area contributed by atoms with Crippen LogP contribution in [0.3, 0.4) is 0 Å². The highest BCUT2D eigenvalue weighted by atomic mass is 32.2. The first-order valence-corrected chi connectivity index (χ1v) is 9.49. The topological polar surface area (TPSA) is 46.2 Å². The standard InChI is InChI=1S/C16H24FNO2S/c1-12(10-13-6-8-14(17)9-7-13)18-15-4-3-5-16(11-15)21(2,19)20/h6-9,12,15-16,18H,3-5,10-11H2,1-2H3. The molecule has 1 N–H and O–H groups in total. The van der Waals surface area contributed by atoms with E-state index in [1.54, 1.807) is 12.1 Å². The van der Waals surface area contributed by atoms with Gasteiger partial charge in [-0.05, 0) is 50.3 Å². The Morgan fingerprint density at radius 2 is 1.95 bits per heavy atom. The fourth-order valence-corrected chi connectivity index (χ4v) is 4.30. The van der Waals surface area contributed by atoms with Gasteiger partial charge < -0.3 is 5.32 Å². The molecule has 3 unspecified atom stereocenters. The van der Waals surface area contributed by atoms with Crippen LogP contribution in [-0.4, -0.2) is 32.0 Å². The molecule has 1 aliphatic rings. The molecule has 118 valence electrons. The average Bonchev–Trinajstić information content (AvgIpc) is 2.41. The van der Waals surface area contributed by atoms with E-state index in [1.807, 2.05) is 0 Å². The van der Waals surface area contributed by atoms with Crippen LogP contribution >= 0.6 is 0 Å². The molecule has 0 amide bonds. The molecule has 2 rings (SSSR count). The minimum atomic E-state index is -2.94. The van der Waals surface area contributed by atoms with Crippen molar-refractivity contribution in [3.8, 4) is 0 Å². The van der Waals surface area contributed by atoms with Gasteiger partial charge >= 0.3 is 0 Å². The van der Waals surface area contributed by atoms with Crippen molar-refractivity contribution in [2.75, 3.05) is 6.26 Å². The number of sulfone groups is 1. The first kappa shape index (κ1) is 16.4. The summed E-state index contributed by atoms with van der Waals surface area (Å²) in [4.78, 5) is 0. The number of benzene rings is 1. The lowest BCUT2D eigenvalue weighted by Gasteiger charge is -2.31. The van der Waals surface area contributed by atoms with E-state index < -0.39 is 9.84 Å². The summed E-state index contributed by atoms with van der Waals surface area (Å²) in [6, 6.07) is 7.05. The quantitative estimate of drug-likeness (QED) is 0.909. The number of hydrogen-bond acceptors (Lipinski definition) is 3. The van der Waals surface area contributed by atoms with E-state index in [4.69, 9.17) is 0 Å². The van der Waals surface area contributed by atoms with Crippen molar-refractivity contribution in [3.05, 3.63) is 35.6 Å². The van der Waals surface area contributed by atoms with Gasteiger partial charge in [-0.3, -0.25) is 0 Å². The smallest absolute Gasteiger partial charge is 0.150 e. The van der Waals surface area contributed by atoms with Gasteiger partial charge in [0.1, 0.15) is 15.7 Å². The number of hydrogen-bond donors (Lipinski definition) is 1. The van der Waals surface area contributed by atoms with Crippen LogP contribution in [0, 0.1) is 5.82 Å². The minimum absolute atomic E-state index is 0.207. The van der Waals surface area contributed by atoms with Crippen LogP contribution in [0.1, 0.15) is 38.2 Å². The number of rotatable bonds is 5. The second-order valence-electron chi connectivity index (χ2n) is 6.21. The molecule has 1 aliphatic carbocycles. The van der Waals surface area contributed by atoms with Gasteiger partial charge in [0.2, 0.25) is 0 Å². The zero-order valence-electron chi connectivity index (χ0n) is 12.7. The monoisotopic (exact) mass is 313 g/mol. The Balaban J connectivity index is 1.87. The molecule has 1 fully saturated rings. The Morgan fingerprint density at radius 3 is 2.57 bits per heavy atom. The summed E-state index contributed by atoms with van der Waals surface area (Å²) in [7, 11) is -2.94. The second-order valence-corrected chi connectivity index (χ2v) is 8.54. The Hall–Kier alpha value is -0.940. The lowest BCUT2D eigenvalue weighted by atomic mass is 9.94. The minimum Gasteiger partial charge on any atom is -0.311 e. The maximum Gasteiger partial charge on any atom is 0.150 e. The Morgan fingerprint density at radius 1 is 1.29 bits per heavy atom. The van der Waals surface area contributed by atoms with Crippen molar-refractivity contribution in [3.63, 3.8) is 0 Å². The summed E-state index contributed by atoms with van der Waals surface area (Å²) in [5.74, 6) is -0.220. The lowest BCUT2D eigenvalue weighted by molar-refractivity contribution is 0.342. The van der Waals surface area contributed by atoms with Gasteiger partial charge in [-0.25, -0.2) is 12.8 Å². The SMILES string of the molecule is CC(Cc1ccc(F)cc1)NC1CCCC(S(C)(=O)=O)C1. The Kier molecular flexibility index (Phi) is 5.38. The van der Waals surface area contributed by atoms with Crippen molar-refractivity contribution >= 4 is 9.84 Å². The van der Waals surface area contributed by atoms with Gasteiger partial charge in [0.25, 0.3) is 0 Å². The van der Waals surface area contributed by atoms with E-state index in [0.717, 1.165) is 31.2 Å². The summed E-state index contributed by atoms with van der Waals surface area (Å²) in [5, 5.41) is 3.32. The molecule has 21 heavy (non-hydrogen) atoms. The molecule has 3 atom stereocenters. The van der Waals surface area contributed by atoms with Crippen molar-refractivity contribution < 1.29 is 12.8 Å². The largest absolute Gasteiger partial charge is 0.311 e. The second kappa shape index (κ2) is 6.88. The van der Waals surface area contributed by atoms with Crippen LogP contribution < -0.4 is 5.32 Å². The fraction of sp³-hybridized carbons (Fsp3) is 0.625. The highest BCUT2D eigenvalue weighted by Gasteiger charge is 2.29. The van der Waals surface area contributed by atoms with Gasteiger partial charge in [0, 0.05) is 18.3 Å². The summed E-state index contributed by atoms with van der Waals surface area (Å²) < 4.78 is 36.2. The third-order valence-electron chi connectivity index (χ3n) is 4.21. The highest BCUT2D eigenvalue weighted by molar-refractivity contribution is 7.91. The normalized spacial score (nSPS) is 24.7. The Bertz CT molecular complexity index is 556. The number of halogens is 1. The van der Waals surface area contributed by atoms with E-state index in [-0.39, 0.29) is 23.2 Å². The van der Waals surface area contributed by atoms with Crippen LogP contribution in [0.15, 0.2) is 24.3 Å². The molecule has 0 saturated heterocycles. The lowest BCUT2D eigenvalue weighted by Crippen LogP contribution is -2.43. The van der Waals surface area contributed by atoms with E-state index in [2.05, 4.69) is 12.2 Å². The molecule has 0 radical (unpaired) electrons. The third kappa shape index (κ3) is 5.08. The zero-order valence-corrected chi connectivity index (χ0v) is 13.5. The Labute approximate surface area is 126 Å². The first-order valence-electron chi connectivity index (χ1n) is 7.54. The molecule has 0 bridgehead atoms. The van der Waals surface area contributed by atoms with Gasteiger partial charge in [-0.2, -0.15) is 0 Å². The van der Waals surface area contributed by atoms with Gasteiger partial charge in [0.05, 0.1) is 5.25 Å². The molecule has 1 aromatic carbocycles. The first-order chi connectivity index (χ1) is 9.84. The van der Waals surface area contributed by atoms with Gasteiger partial charge in [-0.1, -0.05) is 18.6 Å². The van der Waals surface area contributed by atoms with Crippen LogP contribution in [0.5, 0.6) is 0 Å². The van der Waals surface area contributed by atoms with Crippen molar-refractivity contribution in [1.82, 2.24) is 5.32 Å². The summed E-state index contributed by atoms with van der Waals surface area (Å²) in [6.07, 6.45) is 5.62. The third-order valence-corrected chi connectivity index (χ3v) is 5.85. The molecular formula is C16H24FNO2S. The number of nitrogens with one attached hydrogen (secondary N) is 1. The summed E-state index contributed by atoms with van der Waals surface area (Å²) >= 11 is 0. The van der Waals surface area contributed by atoms with Crippen LogP contribution in [0.2, 0.25) is 0 Å². The van der Waals surface area contributed by atoms with E-state index in [9.17, 15) is 12.8 Å². The molecule has 1 aromatic rings. The van der Waals surface area contributed by atoms with E-state index in [1.165, 1.54) is 18.4 Å². The predicted octanol–water partition coefficient (Wildman–Crippen LogP) is 2.70. The molecular weight excluding hydrogens is 289 g/mol. The average molecular weight is 313 g/mol. The van der Waals surface area contributed by atoms with Crippen LogP contribution in [0.25, 0.3) is 0 Å². The highest BCUT2D eigenvalue weighted by Crippen LogP contribution is 2.24. The molecule has 1 saturated carbocycles. The molecule has 0 aliphatic heterocycles. The van der Waals surface area contributed by atoms with E-state index in [0.29, 0.717) is 6.42 Å². The van der Waals surface area contributed by atoms with Crippen molar-refractivity contribution in [2.45, 2.75) is 56.4 Å². The summed E-state index contributed by atoms with van der Waals surface area (Å²) in [6.45, 7) is 2.09. The van der Waals surface area contributed by atoms with Crippen LogP contribution in [0.4, 0.5) is 4.39 Å². The molecule has 0 aromatic heterocycles. The molecule has 3 nitrogen and oxygen atoms in total. The maximum atomic E-state index is 12.9. The predicted molar refractivity (Wildman–Crippen MR) is 83.6 cm³/mol. The maximum absolute atomic E-state index is 12.9. The molecule has 5 heteroatoms. The van der Waals surface area contributed by atoms with Crippen molar-refractivity contribution in [1.29, 1.82) is 0 Å². The molecule has 0 spiro atoms. The van der Waals surface area contributed by atoms with Gasteiger partial charge in [0.15, 0.2) is 0 Å². The summed E-state index contributed by atoms with van der Waals surface area (Å²) in [5.41, 5.74) is 1.09. The fourth-order valence-electron chi connectivity index (χ4n) is 3.12. The van der Waals surface area contributed by atoms with Crippen LogP contribution in [-0.2, 0) is 16.3 Å².